The van der Waals surface area contributed by atoms with Crippen molar-refractivity contribution < 1.29 is 34.4 Å². The van der Waals surface area contributed by atoms with Crippen LogP contribution in [-0.2, 0) is 20.7 Å². The van der Waals surface area contributed by atoms with E-state index in [2.05, 4.69) is 10.6 Å². The van der Waals surface area contributed by atoms with Crippen molar-refractivity contribution in [2.75, 3.05) is 25.5 Å². The average Bonchev–Trinajstić information content (AvgIpc) is 2.57. The number of amides is 1. The van der Waals surface area contributed by atoms with Gasteiger partial charge in [0.05, 0.1) is 18.3 Å². The fraction of sp³-hybridized carbons (Fsp3) is 0.529. The van der Waals surface area contributed by atoms with Crippen molar-refractivity contribution in [3.63, 3.8) is 0 Å². The second kappa shape index (κ2) is 9.48. The highest BCUT2D eigenvalue weighted by Crippen LogP contribution is 2.30. The van der Waals surface area contributed by atoms with Crippen LogP contribution in [0.1, 0.15) is 18.4 Å². The molecular weight excluding hydrogens is 344 g/mol. The molecule has 9 nitrogen and oxygen atoms in total. The maximum absolute atomic E-state index is 11.8. The number of carboxylic acid groups (broad SMARTS) is 1. The summed E-state index contributed by atoms with van der Waals surface area (Å²) >= 11 is 0. The first-order chi connectivity index (χ1) is 12.4. The molecule has 3 atom stereocenters. The Morgan fingerprint density at radius 2 is 2.12 bits per heavy atom. The minimum absolute atomic E-state index is 0.00842. The molecule has 1 aromatic rings. The molecular formula is C17H24N2O7. The summed E-state index contributed by atoms with van der Waals surface area (Å²) in [5, 5.41) is 33.5. The van der Waals surface area contributed by atoms with Crippen molar-refractivity contribution in [1.82, 2.24) is 5.32 Å². The number of hydrogen-bond donors (Lipinski definition) is 5. The molecule has 0 aliphatic carbocycles. The van der Waals surface area contributed by atoms with E-state index >= 15 is 0 Å². The number of benzene rings is 1. The smallest absolute Gasteiger partial charge is 0.333 e. The van der Waals surface area contributed by atoms with Gasteiger partial charge in [0.1, 0.15) is 5.75 Å². The van der Waals surface area contributed by atoms with E-state index in [1.807, 2.05) is 0 Å². The molecule has 26 heavy (non-hydrogen) atoms. The number of rotatable bonds is 8. The standard InChI is InChI=1S/C17H24N2O7/c1-18-9-15(22)19-12-3-2-10(4-5-20)6-13(12)25-16-8-11(21)7-14(26-16)17(23)24/h2-3,6,11,14,16,18,20-21H,4-5,7-9H2,1H3,(H,19,22)(H,23,24). The lowest BCUT2D eigenvalue weighted by Gasteiger charge is -2.31. The van der Waals surface area contributed by atoms with Gasteiger partial charge in [-0.2, -0.15) is 0 Å². The number of anilines is 1. The number of likely N-dealkylation sites (N-methyl/N-ethyl adjacent to an activating group) is 1. The monoisotopic (exact) mass is 368 g/mol. The molecule has 2 rings (SSSR count). The molecule has 0 radical (unpaired) electrons. The molecule has 0 spiro atoms. The van der Waals surface area contributed by atoms with Gasteiger partial charge >= 0.3 is 5.97 Å². The maximum Gasteiger partial charge on any atom is 0.333 e. The van der Waals surface area contributed by atoms with Crippen molar-refractivity contribution in [1.29, 1.82) is 0 Å². The van der Waals surface area contributed by atoms with Gasteiger partial charge in [0, 0.05) is 19.4 Å². The van der Waals surface area contributed by atoms with Crippen LogP contribution in [0.3, 0.4) is 0 Å². The predicted molar refractivity (Wildman–Crippen MR) is 92.0 cm³/mol. The van der Waals surface area contributed by atoms with Crippen LogP contribution < -0.4 is 15.4 Å². The van der Waals surface area contributed by atoms with Crippen LogP contribution in [0.4, 0.5) is 5.69 Å². The summed E-state index contributed by atoms with van der Waals surface area (Å²) in [6.45, 7) is 0.0577. The van der Waals surface area contributed by atoms with E-state index in [9.17, 15) is 14.7 Å². The molecule has 9 heteroatoms. The van der Waals surface area contributed by atoms with Crippen molar-refractivity contribution in [2.24, 2.45) is 0 Å². The fourth-order valence-electron chi connectivity index (χ4n) is 2.64. The Balaban J connectivity index is 2.19. The van der Waals surface area contributed by atoms with Crippen LogP contribution in [0.15, 0.2) is 18.2 Å². The third kappa shape index (κ3) is 5.67. The summed E-state index contributed by atoms with van der Waals surface area (Å²) in [5.74, 6) is -1.17. The Morgan fingerprint density at radius 1 is 1.35 bits per heavy atom. The van der Waals surface area contributed by atoms with E-state index in [1.54, 1.807) is 25.2 Å². The Bertz CT molecular complexity index is 638. The number of aliphatic carboxylic acids is 1. The first-order valence-electron chi connectivity index (χ1n) is 8.34. The topological polar surface area (TPSA) is 137 Å². The van der Waals surface area contributed by atoms with E-state index in [1.165, 1.54) is 0 Å². The SMILES string of the molecule is CNCC(=O)Nc1ccc(CCO)cc1OC1CC(O)CC(C(=O)O)O1. The summed E-state index contributed by atoms with van der Waals surface area (Å²) in [6, 6.07) is 5.03. The highest BCUT2D eigenvalue weighted by Gasteiger charge is 2.34. The largest absolute Gasteiger partial charge is 0.479 e. The lowest BCUT2D eigenvalue weighted by Crippen LogP contribution is -2.42. The van der Waals surface area contributed by atoms with Gasteiger partial charge in [-0.05, 0) is 31.2 Å². The van der Waals surface area contributed by atoms with Crippen LogP contribution >= 0.6 is 0 Å². The van der Waals surface area contributed by atoms with Gasteiger partial charge in [0.2, 0.25) is 12.2 Å². The number of carbonyl (C=O) groups is 2. The second-order valence-electron chi connectivity index (χ2n) is 6.02. The van der Waals surface area contributed by atoms with Crippen molar-refractivity contribution in [2.45, 2.75) is 37.8 Å². The van der Waals surface area contributed by atoms with E-state index in [0.29, 0.717) is 12.1 Å². The van der Waals surface area contributed by atoms with Crippen LogP contribution in [0, 0.1) is 0 Å². The number of aliphatic hydroxyl groups excluding tert-OH is 2. The highest BCUT2D eigenvalue weighted by molar-refractivity contribution is 5.93. The third-order valence-corrected chi connectivity index (χ3v) is 3.86. The Labute approximate surface area is 150 Å². The predicted octanol–water partition coefficient (Wildman–Crippen LogP) is -0.291. The molecule has 1 saturated heterocycles. The van der Waals surface area contributed by atoms with Gasteiger partial charge in [-0.1, -0.05) is 6.07 Å². The zero-order valence-electron chi connectivity index (χ0n) is 14.5. The molecule has 1 aliphatic heterocycles. The quantitative estimate of drug-likeness (QED) is 0.422. The number of aliphatic hydroxyl groups is 2. The molecule has 1 aromatic carbocycles. The molecule has 1 aliphatic rings. The number of hydrogen-bond acceptors (Lipinski definition) is 7. The van der Waals surface area contributed by atoms with Crippen molar-refractivity contribution in [3.05, 3.63) is 23.8 Å². The summed E-state index contributed by atoms with van der Waals surface area (Å²) in [7, 11) is 1.64. The van der Waals surface area contributed by atoms with Crippen LogP contribution in [0.5, 0.6) is 5.75 Å². The van der Waals surface area contributed by atoms with Crippen LogP contribution in [0.25, 0.3) is 0 Å². The van der Waals surface area contributed by atoms with Crippen LogP contribution in [0.2, 0.25) is 0 Å². The van der Waals surface area contributed by atoms with E-state index in [0.717, 1.165) is 5.56 Å². The lowest BCUT2D eigenvalue weighted by atomic mass is 10.1. The molecule has 0 bridgehead atoms. The Kier molecular flexibility index (Phi) is 7.34. The van der Waals surface area contributed by atoms with E-state index in [-0.39, 0.29) is 37.6 Å². The van der Waals surface area contributed by atoms with Gasteiger partial charge < -0.3 is 35.4 Å². The zero-order valence-corrected chi connectivity index (χ0v) is 14.5. The van der Waals surface area contributed by atoms with Gasteiger partial charge in [-0.25, -0.2) is 4.79 Å². The average molecular weight is 368 g/mol. The molecule has 3 unspecified atom stereocenters. The summed E-state index contributed by atoms with van der Waals surface area (Å²) in [6.07, 6.45) is -2.50. The third-order valence-electron chi connectivity index (χ3n) is 3.86. The summed E-state index contributed by atoms with van der Waals surface area (Å²) in [4.78, 5) is 23.0. The number of ether oxygens (including phenoxy) is 2. The molecule has 1 heterocycles. The maximum atomic E-state index is 11.8. The van der Waals surface area contributed by atoms with Gasteiger partial charge in [0.25, 0.3) is 0 Å². The Hall–Kier alpha value is -2.20. The first-order valence-corrected chi connectivity index (χ1v) is 8.34. The Morgan fingerprint density at radius 3 is 2.77 bits per heavy atom. The van der Waals surface area contributed by atoms with E-state index < -0.39 is 24.5 Å². The second-order valence-corrected chi connectivity index (χ2v) is 6.02. The molecule has 5 N–H and O–H groups in total. The normalized spacial score (nSPS) is 22.7. The molecule has 0 saturated carbocycles. The highest BCUT2D eigenvalue weighted by atomic mass is 16.7. The summed E-state index contributed by atoms with van der Waals surface area (Å²) in [5.41, 5.74) is 1.17. The molecule has 1 amide bonds. The minimum Gasteiger partial charge on any atom is -0.479 e. The van der Waals surface area contributed by atoms with E-state index in [4.69, 9.17) is 19.7 Å². The molecule has 144 valence electrons. The van der Waals surface area contributed by atoms with Gasteiger partial charge in [0.15, 0.2) is 6.10 Å². The summed E-state index contributed by atoms with van der Waals surface area (Å²) < 4.78 is 11.1. The van der Waals surface area contributed by atoms with Crippen molar-refractivity contribution >= 4 is 17.6 Å². The fourth-order valence-corrected chi connectivity index (χ4v) is 2.64. The molecule has 1 fully saturated rings. The van der Waals surface area contributed by atoms with Crippen molar-refractivity contribution in [3.8, 4) is 5.75 Å². The first kappa shape index (κ1) is 20.1. The zero-order chi connectivity index (χ0) is 19.1. The van der Waals surface area contributed by atoms with Crippen LogP contribution in [-0.4, -0.2) is 65.9 Å². The van der Waals surface area contributed by atoms with Gasteiger partial charge in [-0.3, -0.25) is 4.79 Å². The van der Waals surface area contributed by atoms with Gasteiger partial charge in [-0.15, -0.1) is 0 Å². The minimum atomic E-state index is -1.17. The molecule has 0 aromatic heterocycles. The lowest BCUT2D eigenvalue weighted by molar-refractivity contribution is -0.195. The number of carboxylic acids is 1. The number of nitrogens with one attached hydrogen (secondary N) is 2. The number of carbonyl (C=O) groups excluding carboxylic acids is 1.